The molecule has 0 spiro atoms. The van der Waals surface area contributed by atoms with E-state index in [1.54, 1.807) is 7.11 Å². The van der Waals surface area contributed by atoms with Gasteiger partial charge >= 0.3 is 0 Å². The van der Waals surface area contributed by atoms with Crippen LogP contribution in [0.5, 0.6) is 0 Å². The van der Waals surface area contributed by atoms with Crippen molar-refractivity contribution in [3.8, 4) is 0 Å². The summed E-state index contributed by atoms with van der Waals surface area (Å²) in [6.45, 7) is 2.92. The molecule has 0 saturated carbocycles. The molecule has 0 aliphatic heterocycles. The third-order valence-corrected chi connectivity index (χ3v) is 3.49. The van der Waals surface area contributed by atoms with Gasteiger partial charge in [0.1, 0.15) is 0 Å². The topological polar surface area (TPSA) is 47.3 Å². The number of hydrazine groups is 1. The molecule has 0 aromatic heterocycles. The van der Waals surface area contributed by atoms with Gasteiger partial charge in [-0.25, -0.2) is 0 Å². The Bertz CT molecular complexity index is 320. The van der Waals surface area contributed by atoms with E-state index in [9.17, 15) is 0 Å². The highest BCUT2D eigenvalue weighted by Gasteiger charge is 2.19. The molecule has 1 aromatic carbocycles. The van der Waals surface area contributed by atoms with Crippen LogP contribution in [0.25, 0.3) is 0 Å². The van der Waals surface area contributed by atoms with Crippen LogP contribution < -0.4 is 11.3 Å². The zero-order valence-electron chi connectivity index (χ0n) is 9.74. The number of hydrogen-bond donors (Lipinski definition) is 2. The third-order valence-electron chi connectivity index (χ3n) is 2.77. The van der Waals surface area contributed by atoms with Gasteiger partial charge in [0.05, 0.1) is 0 Å². The highest BCUT2D eigenvalue weighted by atomic mass is 79.9. The summed E-state index contributed by atoms with van der Waals surface area (Å²) >= 11 is 3.55. The molecular weight excluding hydrogens is 268 g/mol. The Labute approximate surface area is 105 Å². The first-order valence-corrected chi connectivity index (χ1v) is 6.19. The molecule has 0 amide bonds. The highest BCUT2D eigenvalue weighted by Crippen LogP contribution is 2.29. The van der Waals surface area contributed by atoms with E-state index in [-0.39, 0.29) is 6.04 Å². The number of ether oxygens (including phenoxy) is 1. The van der Waals surface area contributed by atoms with Gasteiger partial charge in [-0.1, -0.05) is 41.1 Å². The molecule has 0 heterocycles. The van der Waals surface area contributed by atoms with Crippen LogP contribution in [0.3, 0.4) is 0 Å². The van der Waals surface area contributed by atoms with Gasteiger partial charge in [0.15, 0.2) is 0 Å². The van der Waals surface area contributed by atoms with Crippen molar-refractivity contribution in [3.05, 3.63) is 34.3 Å². The van der Waals surface area contributed by atoms with Crippen LogP contribution in [0, 0.1) is 5.92 Å². The predicted molar refractivity (Wildman–Crippen MR) is 69.9 cm³/mol. The first kappa shape index (κ1) is 13.6. The summed E-state index contributed by atoms with van der Waals surface area (Å²) in [5, 5.41) is 0. The average Bonchev–Trinajstić information content (AvgIpc) is 2.30. The quantitative estimate of drug-likeness (QED) is 0.624. The van der Waals surface area contributed by atoms with Crippen LogP contribution in [0.1, 0.15) is 24.9 Å². The predicted octanol–water partition coefficient (Wildman–Crippen LogP) is 2.63. The van der Waals surface area contributed by atoms with Crippen LogP contribution in [0.15, 0.2) is 28.7 Å². The molecule has 16 heavy (non-hydrogen) atoms. The number of halogens is 1. The molecule has 1 aromatic rings. The third kappa shape index (κ3) is 3.56. The van der Waals surface area contributed by atoms with Gasteiger partial charge < -0.3 is 4.74 Å². The lowest BCUT2D eigenvalue weighted by molar-refractivity contribution is 0.170. The minimum atomic E-state index is 0.144. The van der Waals surface area contributed by atoms with Crippen LogP contribution in [0.4, 0.5) is 0 Å². The van der Waals surface area contributed by atoms with E-state index in [0.29, 0.717) is 5.92 Å². The molecule has 0 bridgehead atoms. The lowest BCUT2D eigenvalue weighted by Gasteiger charge is -2.24. The lowest BCUT2D eigenvalue weighted by atomic mass is 9.93. The summed E-state index contributed by atoms with van der Waals surface area (Å²) in [4.78, 5) is 0. The molecule has 3 nitrogen and oxygen atoms in total. The van der Waals surface area contributed by atoms with Crippen molar-refractivity contribution in [2.45, 2.75) is 19.4 Å². The Balaban J connectivity index is 2.77. The lowest BCUT2D eigenvalue weighted by Crippen LogP contribution is -2.33. The molecule has 90 valence electrons. The van der Waals surface area contributed by atoms with Crippen molar-refractivity contribution >= 4 is 15.9 Å². The van der Waals surface area contributed by atoms with Gasteiger partial charge in [0.2, 0.25) is 0 Å². The monoisotopic (exact) mass is 286 g/mol. The molecule has 0 aliphatic rings. The van der Waals surface area contributed by atoms with Gasteiger partial charge in [-0.15, -0.1) is 0 Å². The SMILES string of the molecule is COCCC(C)C(NN)c1ccccc1Br. The zero-order chi connectivity index (χ0) is 12.0. The molecule has 0 fully saturated rings. The number of methoxy groups -OCH3 is 1. The summed E-state index contributed by atoms with van der Waals surface area (Å²) in [6.07, 6.45) is 0.979. The Hall–Kier alpha value is -0.420. The molecule has 0 aliphatic carbocycles. The molecule has 0 saturated heterocycles. The second-order valence-corrected chi connectivity index (χ2v) is 4.78. The minimum Gasteiger partial charge on any atom is -0.385 e. The number of rotatable bonds is 6. The van der Waals surface area contributed by atoms with E-state index in [1.807, 2.05) is 18.2 Å². The van der Waals surface area contributed by atoms with E-state index in [1.165, 1.54) is 5.56 Å². The molecular formula is C12H19BrN2O. The first-order chi connectivity index (χ1) is 7.70. The Morgan fingerprint density at radius 2 is 2.12 bits per heavy atom. The van der Waals surface area contributed by atoms with Gasteiger partial charge in [0.25, 0.3) is 0 Å². The summed E-state index contributed by atoms with van der Waals surface area (Å²) in [6, 6.07) is 8.28. The molecule has 2 unspecified atom stereocenters. The van der Waals surface area contributed by atoms with E-state index >= 15 is 0 Å². The number of nitrogens with two attached hydrogens (primary N) is 1. The summed E-state index contributed by atoms with van der Waals surface area (Å²) in [5.41, 5.74) is 4.07. The Morgan fingerprint density at radius 3 is 2.69 bits per heavy atom. The number of hydrogen-bond acceptors (Lipinski definition) is 3. The minimum absolute atomic E-state index is 0.144. The fraction of sp³-hybridized carbons (Fsp3) is 0.500. The molecule has 4 heteroatoms. The molecule has 3 N–H and O–H groups in total. The maximum atomic E-state index is 5.63. The fourth-order valence-corrected chi connectivity index (χ4v) is 2.29. The normalized spacial score (nSPS) is 14.8. The van der Waals surface area contributed by atoms with E-state index in [4.69, 9.17) is 10.6 Å². The summed E-state index contributed by atoms with van der Waals surface area (Å²) < 4.78 is 6.18. The second kappa shape index (κ2) is 7.01. The number of nitrogens with one attached hydrogen (secondary N) is 1. The Morgan fingerprint density at radius 1 is 1.44 bits per heavy atom. The second-order valence-electron chi connectivity index (χ2n) is 3.92. The maximum absolute atomic E-state index is 5.63. The van der Waals surface area contributed by atoms with E-state index in [0.717, 1.165) is 17.5 Å². The average molecular weight is 287 g/mol. The standard InChI is InChI=1S/C12H19BrN2O/c1-9(7-8-16-2)12(15-14)10-5-3-4-6-11(10)13/h3-6,9,12,15H,7-8,14H2,1-2H3. The molecule has 1 rings (SSSR count). The van der Waals surface area contributed by atoms with Crippen LogP contribution in [0.2, 0.25) is 0 Å². The molecule has 0 radical (unpaired) electrons. The van der Waals surface area contributed by atoms with Gasteiger partial charge in [0, 0.05) is 24.2 Å². The van der Waals surface area contributed by atoms with Crippen LogP contribution >= 0.6 is 15.9 Å². The van der Waals surface area contributed by atoms with Crippen molar-refractivity contribution in [1.29, 1.82) is 0 Å². The maximum Gasteiger partial charge on any atom is 0.0497 e. The first-order valence-electron chi connectivity index (χ1n) is 5.40. The smallest absolute Gasteiger partial charge is 0.0497 e. The van der Waals surface area contributed by atoms with E-state index in [2.05, 4.69) is 34.3 Å². The summed E-state index contributed by atoms with van der Waals surface area (Å²) in [5.74, 6) is 6.05. The van der Waals surface area contributed by atoms with E-state index < -0.39 is 0 Å². The van der Waals surface area contributed by atoms with Crippen molar-refractivity contribution in [1.82, 2.24) is 5.43 Å². The van der Waals surface area contributed by atoms with Crippen molar-refractivity contribution in [2.24, 2.45) is 11.8 Å². The summed E-state index contributed by atoms with van der Waals surface area (Å²) in [7, 11) is 1.72. The van der Waals surface area contributed by atoms with Crippen LogP contribution in [-0.2, 0) is 4.74 Å². The molecule has 2 atom stereocenters. The number of benzene rings is 1. The van der Waals surface area contributed by atoms with Crippen molar-refractivity contribution in [2.75, 3.05) is 13.7 Å². The zero-order valence-corrected chi connectivity index (χ0v) is 11.3. The fourth-order valence-electron chi connectivity index (χ4n) is 1.76. The van der Waals surface area contributed by atoms with Gasteiger partial charge in [-0.3, -0.25) is 11.3 Å². The van der Waals surface area contributed by atoms with Gasteiger partial charge in [-0.2, -0.15) is 0 Å². The Kier molecular flexibility index (Phi) is 5.98. The van der Waals surface area contributed by atoms with Gasteiger partial charge in [-0.05, 0) is 24.0 Å². The van der Waals surface area contributed by atoms with Crippen molar-refractivity contribution in [3.63, 3.8) is 0 Å². The highest BCUT2D eigenvalue weighted by molar-refractivity contribution is 9.10. The van der Waals surface area contributed by atoms with Crippen molar-refractivity contribution < 1.29 is 4.74 Å². The van der Waals surface area contributed by atoms with Crippen LogP contribution in [-0.4, -0.2) is 13.7 Å². The largest absolute Gasteiger partial charge is 0.385 e.